The highest BCUT2D eigenvalue weighted by Crippen LogP contribution is 2.42. The number of aliphatic hydroxyl groups excluding tert-OH is 8. The Kier molecular flexibility index (Phi) is 30.7. The van der Waals surface area contributed by atoms with Gasteiger partial charge in [-0.15, -0.1) is 0 Å². The van der Waals surface area contributed by atoms with Crippen LogP contribution < -0.4 is 65.5 Å². The lowest BCUT2D eigenvalue weighted by Crippen LogP contribution is -2.37. The highest BCUT2D eigenvalue weighted by atomic mass is 32.2. The normalized spacial score (nSPS) is 32.5. The highest BCUT2D eigenvalue weighted by molar-refractivity contribution is 8.01. The molecule has 8 aromatic rings. The molecule has 0 aromatic carbocycles. The lowest BCUT2D eigenvalue weighted by molar-refractivity contribution is -0.159. The smallest absolute Gasteiger partial charge is 0.315 e. The molecule has 4 unspecified atom stereocenters. The lowest BCUT2D eigenvalue weighted by Gasteiger charge is -2.22. The number of unbranched alkanes of at least 4 members (excludes halogenated alkanes) is 4. The molecular formula is C80H108N28O24S4. The van der Waals surface area contributed by atoms with E-state index in [4.69, 9.17) is 65.9 Å². The van der Waals surface area contributed by atoms with Crippen molar-refractivity contribution >= 4 is 163 Å². The van der Waals surface area contributed by atoms with Crippen molar-refractivity contribution in [2.75, 3.05) is 72.4 Å². The molecule has 136 heavy (non-hydrogen) atoms. The Morgan fingerprint density at radius 1 is 0.346 bits per heavy atom. The third-order valence-electron chi connectivity index (χ3n) is 25.9. The molecule has 12 fully saturated rings. The number of aliphatic hydroxyl groups is 8. The van der Waals surface area contributed by atoms with Gasteiger partial charge in [0.15, 0.2) is 83.0 Å². The molecule has 0 radical (unpaired) electrons. The second kappa shape index (κ2) is 43.1. The van der Waals surface area contributed by atoms with Gasteiger partial charge < -0.3 is 144 Å². The van der Waals surface area contributed by atoms with Crippen molar-refractivity contribution in [1.29, 1.82) is 0 Å². The highest BCUT2D eigenvalue weighted by Gasteiger charge is 2.53. The molecule has 20 heterocycles. The summed E-state index contributed by atoms with van der Waals surface area (Å²) >= 11 is 7.32. The van der Waals surface area contributed by atoms with Crippen LogP contribution in [0.5, 0.6) is 0 Å². The molecule has 0 aliphatic carbocycles. The SMILES string of the molecule is Nc1ncnc2c1ncn2[C@@H]1O[C@H](CO)[C@@H](O)C1O.Nc1ncnc2c1ncn2[C@@H]1O[C@H](CO)[C@@H](O)C1OC(=O)CCCC[C@@H]1SC[C@@H]2NC(=O)N[C@@H]21.Nc1ncnc2c1ncn2[C@@H]1O[C@H](COC(=O)CCCC[C@@H]2SC[C@@H]3NC(=O)N[C@@H]32)[C@@H](O)C1O.Nc1ncnc2c1ncn2[C@@H]1O[C@H](COC(=O)CCCC[C@@H]2SC[C@@H]3NC(=O)N[C@@H]32)[C@@H](O)C1OC(=O)CCCC[C@@H]1SC[C@@H]2NC(=O)N[C@@H]21. The van der Waals surface area contributed by atoms with Crippen molar-refractivity contribution in [1.82, 2.24) is 121 Å². The molecule has 24 N–H and O–H groups in total. The summed E-state index contributed by atoms with van der Waals surface area (Å²) in [6, 6.07) is 0.706. The van der Waals surface area contributed by atoms with E-state index in [1.807, 2.05) is 47.0 Å². The minimum absolute atomic E-state index is 0.101. The maximum Gasteiger partial charge on any atom is 0.315 e. The number of ether oxygens (including phenoxy) is 8. The van der Waals surface area contributed by atoms with Crippen molar-refractivity contribution in [2.45, 2.75) is 270 Å². The number of nitrogens with one attached hydrogen (secondary N) is 8. The molecule has 12 aliphatic heterocycles. The van der Waals surface area contributed by atoms with Crippen LogP contribution in [0.15, 0.2) is 50.6 Å². The van der Waals surface area contributed by atoms with Crippen molar-refractivity contribution in [3.63, 3.8) is 0 Å². The maximum absolute atomic E-state index is 13.0. The van der Waals surface area contributed by atoms with Gasteiger partial charge in [0.05, 0.1) is 86.9 Å². The number of thioether (sulfide) groups is 4. The summed E-state index contributed by atoms with van der Waals surface area (Å²) in [4.78, 5) is 146. The van der Waals surface area contributed by atoms with E-state index >= 15 is 0 Å². The molecule has 56 heteroatoms. The lowest BCUT2D eigenvalue weighted by atomic mass is 10.0. The molecule has 0 saturated carbocycles. The number of amides is 8. The average Bonchev–Trinajstić information content (AvgIpc) is 1.62. The molecule has 0 bridgehead atoms. The summed E-state index contributed by atoms with van der Waals surface area (Å²) in [6.07, 6.45) is 3.74. The number of anilines is 4. The number of carbonyl (C=O) groups excluding carboxylic acids is 8. The van der Waals surface area contributed by atoms with Crippen molar-refractivity contribution < 1.29 is 117 Å². The molecule has 52 nitrogen and oxygen atoms in total. The second-order valence-electron chi connectivity index (χ2n) is 34.6. The molecule has 8 amide bonds. The number of imidazole rings is 4. The Hall–Kier alpha value is -10.7. The zero-order chi connectivity index (χ0) is 95.3. The van der Waals surface area contributed by atoms with E-state index < -0.39 is 135 Å². The summed E-state index contributed by atoms with van der Waals surface area (Å²) in [7, 11) is 0. The number of nitrogens with zero attached hydrogens (tertiary/aromatic N) is 16. The largest absolute Gasteiger partial charge is 0.463 e. The van der Waals surface area contributed by atoms with Gasteiger partial charge in [0.25, 0.3) is 0 Å². The van der Waals surface area contributed by atoms with Gasteiger partial charge in [-0.2, -0.15) is 47.0 Å². The van der Waals surface area contributed by atoms with E-state index in [-0.39, 0.29) is 140 Å². The van der Waals surface area contributed by atoms with Crippen LogP contribution in [0.4, 0.5) is 42.4 Å². The Bertz CT molecular complexity index is 5600. The first kappa shape index (κ1) is 96.9. The quantitative estimate of drug-likeness (QED) is 0.00875. The molecule has 12 aliphatic rings. The molecule has 12 saturated heterocycles. The van der Waals surface area contributed by atoms with Gasteiger partial charge in [0, 0.05) is 69.7 Å². The molecule has 28 atom stereocenters. The zero-order valence-electron chi connectivity index (χ0n) is 73.0. The maximum atomic E-state index is 13.0. The molecule has 8 aromatic heterocycles. The van der Waals surface area contributed by atoms with Crippen LogP contribution in [0.1, 0.15) is 128 Å². The fraction of sp³-hybridized carbons (Fsp3) is 0.650. The van der Waals surface area contributed by atoms with Crippen molar-refractivity contribution in [3.8, 4) is 0 Å². The number of rotatable bonds is 32. The average molecular weight is 1970 g/mol. The number of nitrogens with two attached hydrogens (primary N) is 4. The van der Waals surface area contributed by atoms with Gasteiger partial charge >= 0.3 is 48.0 Å². The van der Waals surface area contributed by atoms with Crippen molar-refractivity contribution in [3.05, 3.63) is 50.6 Å². The standard InChI is InChI=1S/C30H41N9O8S2.2C20H27N7O6S.C10H13N5O4/c31-26-23-27(33-12-32-26)39(13-34-23)28-25(47-20(41)8-4-2-6-18-22-15(11-49-18)36-30(44)38-22)24(42)16(46-28)9-45-19(40)7-3-1-5-17-21-14(10-48-17)35-29(43)37-21;21-17-14-18(23-7-22-17)27(8-24-14)19-16(30)15(29)10(33-19)5-32-12(28)4-2-1-3-11-13-9(6-34-11)25-20(31)26-13;21-17-14-18(23-7-22-17)27(8-24-14)19-16(15(30)10(5-28)32-19)33-12(29)4-2-1-3-11-13-9(6-34-11)25-20(31)26-13;11-8-5-9(13-2-12-8)15(3-14-5)10-7(18)6(17)4(1-16)19-10/h12-18,21-22,24-25,28,42H,1-11H2,(H2,31,32,33)(H2,35,37,43)(H2,36,38,44);7-11,13,15-16,19,29-30H,1-6H2,(H2,21,22,23)(H2,25,26,31);7-11,13,15-16,19,28,30H,1-6H2,(H2,21,22,23)(H2,25,26,31);2-4,6-7,10,16-18H,1H2,(H2,11,12,13)/t14-,15-,16+,17-,18-,21-,22-,24+,25?,28+;2*9-,10+,11-,13-,15+,16?,19+;4-,6-,7?,10-/m0001/s1. The van der Waals surface area contributed by atoms with E-state index in [1.54, 1.807) is 0 Å². The van der Waals surface area contributed by atoms with Crippen molar-refractivity contribution in [2.24, 2.45) is 0 Å². The van der Waals surface area contributed by atoms with Crippen LogP contribution >= 0.6 is 47.0 Å². The van der Waals surface area contributed by atoms with Gasteiger partial charge in [0.2, 0.25) is 0 Å². The van der Waals surface area contributed by atoms with Crippen LogP contribution in [-0.2, 0) is 57.1 Å². The number of esters is 4. The molecule has 0 spiro atoms. The monoisotopic (exact) mass is 1970 g/mol. The molecular weight excluding hydrogens is 1870 g/mol. The fourth-order valence-electron chi connectivity index (χ4n) is 18.8. The van der Waals surface area contributed by atoms with Crippen LogP contribution in [0.25, 0.3) is 44.7 Å². The minimum Gasteiger partial charge on any atom is -0.463 e. The van der Waals surface area contributed by atoms with Crippen LogP contribution in [0, 0.1) is 0 Å². The number of nitrogen functional groups attached to an aromatic ring is 4. The number of hydrogen-bond donors (Lipinski definition) is 20. The summed E-state index contributed by atoms with van der Waals surface area (Å²) in [5.41, 5.74) is 26.2. The summed E-state index contributed by atoms with van der Waals surface area (Å²) in [6.45, 7) is -1.25. The van der Waals surface area contributed by atoms with Gasteiger partial charge in [-0.05, 0) is 51.4 Å². The van der Waals surface area contributed by atoms with E-state index in [0.717, 1.165) is 74.4 Å². The first-order chi connectivity index (χ1) is 65.8. The second-order valence-corrected chi connectivity index (χ2v) is 39.7. The first-order valence-corrected chi connectivity index (χ1v) is 49.0. The third kappa shape index (κ3) is 21.1. The molecule has 20 rings (SSSR count). The minimum atomic E-state index is -1.30. The first-order valence-electron chi connectivity index (χ1n) is 44.8. The number of aromatic nitrogens is 16. The molecule has 736 valence electrons. The van der Waals surface area contributed by atoms with Gasteiger partial charge in [-0.3, -0.25) is 37.4 Å². The Labute approximate surface area is 789 Å². The van der Waals surface area contributed by atoms with E-state index in [9.17, 15) is 74.1 Å². The Morgan fingerprint density at radius 2 is 0.610 bits per heavy atom. The third-order valence-corrected chi connectivity index (χ3v) is 31.9. The number of carbonyl (C=O) groups is 8. The van der Waals surface area contributed by atoms with Gasteiger partial charge in [-0.25, -0.2) is 79.0 Å². The van der Waals surface area contributed by atoms with Crippen LogP contribution in [0.2, 0.25) is 0 Å². The van der Waals surface area contributed by atoms with Crippen LogP contribution in [0.3, 0.4) is 0 Å². The predicted octanol–water partition coefficient (Wildman–Crippen LogP) is -2.81. The predicted molar refractivity (Wildman–Crippen MR) is 482 cm³/mol. The number of hydrogen-bond acceptors (Lipinski definition) is 44. The van der Waals surface area contributed by atoms with E-state index in [2.05, 4.69) is 102 Å². The topological polar surface area (TPSA) is 747 Å². The summed E-state index contributed by atoms with van der Waals surface area (Å²) in [5.74, 6) is 2.53. The number of urea groups is 4. The van der Waals surface area contributed by atoms with Gasteiger partial charge in [-0.1, -0.05) is 25.7 Å². The van der Waals surface area contributed by atoms with Gasteiger partial charge in [0.1, 0.15) is 122 Å². The summed E-state index contributed by atoms with van der Waals surface area (Å²) < 4.78 is 51.3. The number of fused-ring (bicyclic) bond motifs is 8. The Balaban J connectivity index is 0.000000131. The van der Waals surface area contributed by atoms with E-state index in [0.29, 0.717) is 86.1 Å². The fourth-order valence-corrected chi connectivity index (χ4v) is 25.0. The van der Waals surface area contributed by atoms with E-state index in [1.165, 1.54) is 68.9 Å². The zero-order valence-corrected chi connectivity index (χ0v) is 76.2. The summed E-state index contributed by atoms with van der Waals surface area (Å²) in [5, 5.41) is 106. The van der Waals surface area contributed by atoms with Crippen LogP contribution in [-0.4, -0.2) is 359 Å². The Morgan fingerprint density at radius 3 is 0.926 bits per heavy atom.